The lowest BCUT2D eigenvalue weighted by atomic mass is 10.0. The Kier molecular flexibility index (Phi) is 23.5. The lowest BCUT2D eigenvalue weighted by Gasteiger charge is -2.32. The van der Waals surface area contributed by atoms with E-state index in [2.05, 4.69) is 109 Å². The number of benzene rings is 4. The van der Waals surface area contributed by atoms with Gasteiger partial charge in [0.25, 0.3) is 0 Å². The van der Waals surface area contributed by atoms with Crippen LogP contribution in [0.5, 0.6) is 12.0 Å². The highest BCUT2D eigenvalue weighted by atomic mass is 35.5. The maximum Gasteiger partial charge on any atom is 0.316 e. The van der Waals surface area contributed by atoms with E-state index >= 15 is 0 Å². The Morgan fingerprint density at radius 2 is 0.856 bits per heavy atom. The average Bonchev–Trinajstić information content (AvgIpc) is 0.840. The van der Waals surface area contributed by atoms with Crippen LogP contribution in [0.15, 0.2) is 147 Å². The summed E-state index contributed by atoms with van der Waals surface area (Å²) in [5, 5.41) is 42.1. The van der Waals surface area contributed by atoms with Gasteiger partial charge in [-0.3, -0.25) is 0 Å². The lowest BCUT2D eigenvalue weighted by molar-refractivity contribution is 0.379. The predicted octanol–water partition coefficient (Wildman–Crippen LogP) is 11.1. The molecule has 10 aromatic rings. The third-order valence-electron chi connectivity index (χ3n) is 16.3. The molecule has 0 amide bonds. The van der Waals surface area contributed by atoms with Crippen LogP contribution in [0.25, 0.3) is 0 Å². The summed E-state index contributed by atoms with van der Waals surface area (Å²) in [6.07, 6.45) is 20.1. The van der Waals surface area contributed by atoms with Crippen LogP contribution in [0.1, 0.15) is 104 Å². The minimum atomic E-state index is -0.0597. The number of fused-ring (bicyclic) bond motifs is 4. The number of nitrogens with two attached hydrogens (primary N) is 1. The summed E-state index contributed by atoms with van der Waals surface area (Å²) in [4.78, 5) is 58.8. The number of anilines is 5. The Hall–Kier alpha value is -11.3. The number of aromatic nitrogens is 12. The quantitative estimate of drug-likeness (QED) is 0.120. The molecular weight excluding hydrogens is 1290 g/mol. The second kappa shape index (κ2) is 33.2. The summed E-state index contributed by atoms with van der Waals surface area (Å²) in [6.45, 7) is 9.98. The van der Waals surface area contributed by atoms with Gasteiger partial charge in [0.05, 0.1) is 88.0 Å². The van der Waals surface area contributed by atoms with Gasteiger partial charge in [0.1, 0.15) is 60.6 Å². The van der Waals surface area contributed by atoms with Gasteiger partial charge in [-0.1, -0.05) is 59.1 Å². The molecule has 27 heteroatoms. The summed E-state index contributed by atoms with van der Waals surface area (Å²) in [6, 6.07) is 35.6. The fraction of sp³-hybridized carbons (Fsp3) is 0.257. The number of methoxy groups -OCH3 is 2. The van der Waals surface area contributed by atoms with Gasteiger partial charge in [-0.2, -0.15) is 21.0 Å². The van der Waals surface area contributed by atoms with Gasteiger partial charge in [-0.05, 0) is 74.5 Å². The minimum absolute atomic E-state index is 0.0269. The van der Waals surface area contributed by atoms with Gasteiger partial charge < -0.3 is 40.1 Å². The van der Waals surface area contributed by atoms with Crippen LogP contribution in [0.4, 0.5) is 28.6 Å². The van der Waals surface area contributed by atoms with Crippen LogP contribution >= 0.6 is 34.8 Å². The van der Waals surface area contributed by atoms with E-state index in [0.29, 0.717) is 51.4 Å². The molecule has 0 spiro atoms. The highest BCUT2D eigenvalue weighted by molar-refractivity contribution is 6.31. The van der Waals surface area contributed by atoms with Crippen molar-refractivity contribution in [3.8, 4) is 36.3 Å². The molecule has 24 nitrogen and oxygen atoms in total. The van der Waals surface area contributed by atoms with Gasteiger partial charge in [0.2, 0.25) is 0 Å². The normalized spacial score (nSPS) is 13.7. The molecule has 4 aliphatic rings. The number of nitrogens with zero attached hydrogens (tertiary/aromatic N) is 20. The van der Waals surface area contributed by atoms with E-state index in [9.17, 15) is 10.5 Å². The molecule has 14 rings (SSSR count). The fourth-order valence-electron chi connectivity index (χ4n) is 11.2. The van der Waals surface area contributed by atoms with Crippen molar-refractivity contribution >= 4 is 63.4 Å². The first-order valence-corrected chi connectivity index (χ1v) is 31.9. The summed E-state index contributed by atoms with van der Waals surface area (Å²) < 4.78 is 9.81. The largest absolute Gasteiger partial charge is 0.467 e. The molecule has 4 aromatic carbocycles. The van der Waals surface area contributed by atoms with E-state index in [4.69, 9.17) is 60.5 Å². The monoisotopic (exact) mass is 1350 g/mol. The number of ether oxygens (including phenoxy) is 2. The van der Waals surface area contributed by atoms with E-state index in [1.54, 1.807) is 68.0 Å². The Morgan fingerprint density at radius 3 is 1.32 bits per heavy atom. The maximum atomic E-state index is 9.51. The summed E-state index contributed by atoms with van der Waals surface area (Å²) in [5.74, 6) is 0.764. The Balaban J connectivity index is 0.000000136. The first kappa shape index (κ1) is 68.6. The average molecular weight is 1350 g/mol. The zero-order chi connectivity index (χ0) is 68.2. The van der Waals surface area contributed by atoms with Gasteiger partial charge >= 0.3 is 12.0 Å². The number of nitriles is 4. The van der Waals surface area contributed by atoms with Crippen molar-refractivity contribution in [1.82, 2.24) is 59.8 Å². The topological polar surface area (TPSA) is 319 Å². The molecular formula is C70H65Cl3N22O2. The molecule has 488 valence electrons. The Morgan fingerprint density at radius 1 is 0.454 bits per heavy atom. The minimum Gasteiger partial charge on any atom is -0.467 e. The Labute approximate surface area is 576 Å². The zero-order valence-electron chi connectivity index (χ0n) is 53.5. The van der Waals surface area contributed by atoms with Gasteiger partial charge in [-0.25, -0.2) is 59.8 Å². The summed E-state index contributed by atoms with van der Waals surface area (Å²) in [7, 11) is 3.06. The van der Waals surface area contributed by atoms with E-state index in [0.717, 1.165) is 161 Å². The summed E-state index contributed by atoms with van der Waals surface area (Å²) >= 11 is 18.1. The molecule has 0 unspecified atom stereocenters. The van der Waals surface area contributed by atoms with Crippen LogP contribution in [-0.4, -0.2) is 100 Å². The molecule has 2 atom stereocenters. The van der Waals surface area contributed by atoms with Crippen molar-refractivity contribution in [2.45, 2.75) is 77.8 Å². The number of hydrogen-bond donors (Lipinski definition) is 2. The van der Waals surface area contributed by atoms with Crippen molar-refractivity contribution in [2.24, 2.45) is 5.73 Å². The molecule has 10 heterocycles. The predicted molar refractivity (Wildman–Crippen MR) is 369 cm³/mol. The Bertz CT molecular complexity index is 4430. The first-order chi connectivity index (χ1) is 47.3. The van der Waals surface area contributed by atoms with Crippen molar-refractivity contribution in [3.05, 3.63) is 241 Å². The second-order valence-electron chi connectivity index (χ2n) is 22.4. The third kappa shape index (κ3) is 17.4. The van der Waals surface area contributed by atoms with Crippen molar-refractivity contribution in [3.63, 3.8) is 0 Å². The van der Waals surface area contributed by atoms with Crippen molar-refractivity contribution in [2.75, 3.05) is 65.3 Å². The fourth-order valence-corrected chi connectivity index (χ4v) is 11.7. The maximum absolute atomic E-state index is 9.51. The number of rotatable bonds is 10. The van der Waals surface area contributed by atoms with Crippen LogP contribution < -0.4 is 40.1 Å². The lowest BCUT2D eigenvalue weighted by Crippen LogP contribution is -2.32. The molecule has 4 aliphatic heterocycles. The SMILES string of the molecule is COc1ncc([C@@H](C)N)cn1.COc1ncc([C@@H](C)Nc2ncnc3c2CN(c2ccc(Cl)cc2C#N)CC3)cn1.N#Cc1cc(Cl)ccc1N1CCc2ncnc(Cl)c2C1.N#Cc1ccccc1N1CCc2ncncc2C1.N#Cc1ccccc1N1CCc2ncncc2C1. The van der Waals surface area contributed by atoms with E-state index in [-0.39, 0.29) is 12.1 Å². The van der Waals surface area contributed by atoms with E-state index in [1.807, 2.05) is 86.9 Å². The zero-order valence-corrected chi connectivity index (χ0v) is 55.7. The standard InChI is InChI=1S/C21H20ClN7O.C14H10Cl2N4.2C14H12N4.C7H11N3O/c1-13(15-9-24-21(30-2)25-10-15)28-20-17-11-29(6-5-18(17)26-12-27-20)19-4-3-16(22)7-14(19)8-23;15-10-1-2-13(9(5-10)6-17)20-4-3-12-11(7-20)14(16)19-8-18-12;2*15-7-11-3-1-2-4-14(11)18-6-5-13-12(9-18)8-16-10-17-13;1-5(8)6-3-9-7(11-2)10-4-6/h3-4,7,9-10,12-13H,5-6,11H2,1-2H3,(H,26,27,28);1-2,5,8H,3-4,7H2;2*1-4,8,10H,5-6,9H2;3-5H,8H2,1-2H3/t13-;;;;5-/m1...1/s1. The summed E-state index contributed by atoms with van der Waals surface area (Å²) in [5.41, 5.74) is 22.2. The third-order valence-corrected chi connectivity index (χ3v) is 17.1. The molecule has 0 bridgehead atoms. The number of hydrogen-bond acceptors (Lipinski definition) is 24. The molecule has 0 aliphatic carbocycles. The molecule has 3 N–H and O–H groups in total. The van der Waals surface area contributed by atoms with Crippen LogP contribution in [0, 0.1) is 45.3 Å². The smallest absolute Gasteiger partial charge is 0.316 e. The number of nitrogens with one attached hydrogen (secondary N) is 1. The molecule has 0 saturated carbocycles. The molecule has 0 saturated heterocycles. The van der Waals surface area contributed by atoms with E-state index in [1.165, 1.54) is 20.5 Å². The van der Waals surface area contributed by atoms with Crippen molar-refractivity contribution in [1.29, 1.82) is 21.0 Å². The highest BCUT2D eigenvalue weighted by Crippen LogP contribution is 2.34. The molecule has 97 heavy (non-hydrogen) atoms. The van der Waals surface area contributed by atoms with Crippen LogP contribution in [0.3, 0.4) is 0 Å². The molecule has 0 radical (unpaired) electrons. The van der Waals surface area contributed by atoms with Gasteiger partial charge in [-0.15, -0.1) is 0 Å². The molecule has 0 fully saturated rings. The van der Waals surface area contributed by atoms with Crippen molar-refractivity contribution < 1.29 is 9.47 Å². The van der Waals surface area contributed by atoms with Gasteiger partial charge in [0.15, 0.2) is 0 Å². The van der Waals surface area contributed by atoms with E-state index < -0.39 is 0 Å². The van der Waals surface area contributed by atoms with Crippen LogP contribution in [-0.2, 0) is 51.9 Å². The first-order valence-electron chi connectivity index (χ1n) is 30.8. The second-order valence-corrected chi connectivity index (χ2v) is 23.6. The number of para-hydroxylation sites is 2. The van der Waals surface area contributed by atoms with Crippen LogP contribution in [0.2, 0.25) is 15.2 Å². The number of halogens is 3. The van der Waals surface area contributed by atoms with Gasteiger partial charge in [0, 0.05) is 165 Å². The highest BCUT2D eigenvalue weighted by Gasteiger charge is 2.27. The molecule has 6 aromatic heterocycles.